The zero-order chi connectivity index (χ0) is 34.9. The van der Waals surface area contributed by atoms with Crippen molar-refractivity contribution in [2.75, 3.05) is 0 Å². The highest BCUT2D eigenvalue weighted by Crippen LogP contribution is 2.41. The summed E-state index contributed by atoms with van der Waals surface area (Å²) in [6, 6.07) is 23.8. The van der Waals surface area contributed by atoms with Crippen LogP contribution in [0.5, 0.6) is 0 Å². The maximum absolute atomic E-state index is 2.78. The van der Waals surface area contributed by atoms with Gasteiger partial charge in [0.2, 0.25) is 0 Å². The molecule has 0 aromatic heterocycles. The summed E-state index contributed by atoms with van der Waals surface area (Å²) in [5, 5.41) is 13.1. The molecule has 0 N–H and O–H groups in total. The number of benzene rings is 3. The third-order valence-electron chi connectivity index (χ3n) is 10.9. The van der Waals surface area contributed by atoms with Crippen molar-refractivity contribution in [3.8, 4) is 0 Å². The second kappa shape index (κ2) is 12.3. The van der Waals surface area contributed by atoms with Crippen LogP contribution in [-0.2, 0) is 0 Å². The Bertz CT molecular complexity index is 1570. The Morgan fingerprint density at radius 3 is 0.913 bits per heavy atom. The highest BCUT2D eigenvalue weighted by atomic mass is 28.3. The lowest BCUT2D eigenvalue weighted by Crippen LogP contribution is -2.72. The van der Waals surface area contributed by atoms with Crippen molar-refractivity contribution in [3.05, 3.63) is 87.6 Å². The predicted octanol–water partition coefficient (Wildman–Crippen LogP) is 7.80. The van der Waals surface area contributed by atoms with E-state index >= 15 is 0 Å². The lowest BCUT2D eigenvalue weighted by molar-refractivity contribution is 0.851. The third kappa shape index (κ3) is 6.87. The van der Waals surface area contributed by atoms with Crippen molar-refractivity contribution in [1.82, 2.24) is 0 Å². The lowest BCUT2D eigenvalue weighted by Gasteiger charge is -2.41. The fraction of sp³-hybridized carbons (Fsp3) is 0.463. The predicted molar refractivity (Wildman–Crippen MR) is 226 cm³/mol. The summed E-state index contributed by atoms with van der Waals surface area (Å²) in [6.45, 7) is 45.0. The molecule has 0 radical (unpaired) electrons. The number of hydrogen-bond donors (Lipinski definition) is 0. The van der Waals surface area contributed by atoms with Gasteiger partial charge in [0.15, 0.2) is 8.07 Å². The van der Waals surface area contributed by atoms with E-state index in [1.54, 1.807) is 52.6 Å². The first-order valence-corrected chi connectivity index (χ1v) is 33.6. The molecule has 1 aliphatic rings. The molecule has 1 unspecified atom stereocenters. The maximum Gasteiger partial charge on any atom is 0.176 e. The average molecular weight is 697 g/mol. The summed E-state index contributed by atoms with van der Waals surface area (Å²) in [4.78, 5) is 0. The van der Waals surface area contributed by atoms with Crippen LogP contribution in [-0.4, -0.2) is 40.4 Å². The summed E-state index contributed by atoms with van der Waals surface area (Å²) < 4.78 is 0. The van der Waals surface area contributed by atoms with Crippen LogP contribution in [0.15, 0.2) is 76.5 Å². The van der Waals surface area contributed by atoms with E-state index in [1.807, 2.05) is 0 Å². The summed E-state index contributed by atoms with van der Waals surface area (Å²) in [5.41, 5.74) is 7.40. The molecule has 46 heavy (non-hydrogen) atoms. The first-order valence-electron chi connectivity index (χ1n) is 17.6. The molecule has 0 spiro atoms. The lowest BCUT2D eigenvalue weighted by atomic mass is 10.1. The molecule has 3 aromatic carbocycles. The summed E-state index contributed by atoms with van der Waals surface area (Å²) in [7, 11) is -9.29. The van der Waals surface area contributed by atoms with Gasteiger partial charge in [0.25, 0.3) is 0 Å². The Labute approximate surface area is 288 Å². The molecular weight excluding hydrogens is 633 g/mol. The second-order valence-corrected chi connectivity index (χ2v) is 42.9. The Morgan fingerprint density at radius 1 is 0.370 bits per heavy atom. The van der Waals surface area contributed by atoms with Crippen molar-refractivity contribution < 1.29 is 0 Å². The molecule has 0 bridgehead atoms. The van der Waals surface area contributed by atoms with E-state index in [0.29, 0.717) is 5.92 Å². The normalized spacial score (nSPS) is 17.0. The summed E-state index contributed by atoms with van der Waals surface area (Å²) in [6.07, 6.45) is 0. The van der Waals surface area contributed by atoms with Gasteiger partial charge >= 0.3 is 0 Å². The van der Waals surface area contributed by atoms with E-state index in [2.05, 4.69) is 175 Å². The third-order valence-corrected chi connectivity index (χ3v) is 24.1. The van der Waals surface area contributed by atoms with Crippen LogP contribution in [0.25, 0.3) is 0 Å². The van der Waals surface area contributed by atoms with E-state index in [0.717, 1.165) is 0 Å². The first kappa shape index (κ1) is 37.0. The fourth-order valence-corrected chi connectivity index (χ4v) is 19.0. The molecular formula is C41H64Si5. The largest absolute Gasteiger partial charge is 0.176 e. The van der Waals surface area contributed by atoms with E-state index in [1.165, 1.54) is 16.7 Å². The molecule has 0 saturated heterocycles. The SMILES string of the molecule is CC1=C(C)C(C)C([Si](c2cc(C)cc(C)c2)(c2cc([Si](C)(C)C)cc([Si](C)(C)C)c2)c2cc([Si](C)(C)C)cc([Si](C)(C)C)c2)=C1C. The van der Waals surface area contributed by atoms with Crippen LogP contribution in [0.1, 0.15) is 38.8 Å². The smallest absolute Gasteiger partial charge is 0.0656 e. The second-order valence-electron chi connectivity index (χ2n) is 18.8. The number of allylic oxidation sites excluding steroid dienone is 4. The molecule has 248 valence electrons. The van der Waals surface area contributed by atoms with E-state index in [9.17, 15) is 0 Å². The Kier molecular flexibility index (Phi) is 9.89. The van der Waals surface area contributed by atoms with Crippen molar-refractivity contribution in [2.45, 2.75) is 120 Å². The molecule has 0 nitrogen and oxygen atoms in total. The van der Waals surface area contributed by atoms with Crippen LogP contribution in [0.3, 0.4) is 0 Å². The monoisotopic (exact) mass is 696 g/mol. The molecule has 1 aliphatic carbocycles. The highest BCUT2D eigenvalue weighted by molar-refractivity contribution is 7.17. The zero-order valence-corrected chi connectivity index (χ0v) is 37.8. The molecule has 0 amide bonds. The van der Waals surface area contributed by atoms with Gasteiger partial charge in [-0.05, 0) is 61.7 Å². The van der Waals surface area contributed by atoms with Crippen LogP contribution in [0.4, 0.5) is 0 Å². The van der Waals surface area contributed by atoms with Gasteiger partial charge in [0.05, 0.1) is 32.3 Å². The van der Waals surface area contributed by atoms with Crippen molar-refractivity contribution in [3.63, 3.8) is 0 Å². The molecule has 3 aromatic rings. The minimum Gasteiger partial charge on any atom is -0.0656 e. The first-order chi connectivity index (χ1) is 20.8. The number of aryl methyl sites for hydroxylation is 2. The highest BCUT2D eigenvalue weighted by Gasteiger charge is 2.49. The van der Waals surface area contributed by atoms with Gasteiger partial charge in [0, 0.05) is 0 Å². The van der Waals surface area contributed by atoms with Gasteiger partial charge in [-0.15, -0.1) is 0 Å². The minimum atomic E-state index is -2.78. The Balaban J connectivity index is 2.43. The quantitative estimate of drug-likeness (QED) is 0.167. The number of rotatable bonds is 8. The van der Waals surface area contributed by atoms with E-state index < -0.39 is 40.4 Å². The fourth-order valence-electron chi connectivity index (χ4n) is 7.55. The van der Waals surface area contributed by atoms with Gasteiger partial charge in [-0.25, -0.2) is 0 Å². The van der Waals surface area contributed by atoms with E-state index in [-0.39, 0.29) is 0 Å². The molecule has 0 saturated carbocycles. The van der Waals surface area contributed by atoms with Gasteiger partial charge in [0.1, 0.15) is 0 Å². The van der Waals surface area contributed by atoms with Crippen molar-refractivity contribution >= 4 is 76.7 Å². The van der Waals surface area contributed by atoms with Crippen molar-refractivity contribution in [1.29, 1.82) is 0 Å². The standard InChI is InChI=1S/C41H64Si5/c1-28-19-29(2)21-38(20-28)46(41-32(5)30(3)31(4)33(41)6,39-24-34(42(7,8)9)22-35(25-39)43(10,11)12)40-26-36(44(13,14)15)23-37(27-40)45(16,17)18/h19-27,32H,1-18H3. The molecule has 4 rings (SSSR count). The minimum absolute atomic E-state index is 0.421. The van der Waals surface area contributed by atoms with Crippen LogP contribution in [0, 0.1) is 19.8 Å². The molecule has 0 fully saturated rings. The summed E-state index contributed by atoms with van der Waals surface area (Å²) in [5.74, 6) is 0.421. The molecule has 0 heterocycles. The van der Waals surface area contributed by atoms with E-state index in [4.69, 9.17) is 0 Å². The van der Waals surface area contributed by atoms with Crippen LogP contribution < -0.4 is 36.3 Å². The van der Waals surface area contributed by atoms with Crippen molar-refractivity contribution in [2.24, 2.45) is 5.92 Å². The maximum atomic E-state index is 2.74. The van der Waals surface area contributed by atoms with Gasteiger partial charge < -0.3 is 0 Å². The number of hydrogen-bond acceptors (Lipinski definition) is 0. The topological polar surface area (TPSA) is 0 Å². The zero-order valence-electron chi connectivity index (χ0n) is 32.8. The summed E-state index contributed by atoms with van der Waals surface area (Å²) >= 11 is 0. The molecule has 0 aliphatic heterocycles. The van der Waals surface area contributed by atoms with Crippen LogP contribution >= 0.6 is 0 Å². The van der Waals surface area contributed by atoms with Gasteiger partial charge in [-0.2, -0.15) is 0 Å². The molecule has 1 atom stereocenters. The van der Waals surface area contributed by atoms with Gasteiger partial charge in [-0.1, -0.05) is 188 Å². The van der Waals surface area contributed by atoms with Gasteiger partial charge in [-0.3, -0.25) is 0 Å². The Hall–Kier alpha value is -1.78. The molecule has 5 heteroatoms. The average Bonchev–Trinajstić information content (AvgIpc) is 3.09. The Morgan fingerprint density at radius 2 is 0.652 bits per heavy atom. The van der Waals surface area contributed by atoms with Crippen LogP contribution in [0.2, 0.25) is 78.6 Å².